The summed E-state index contributed by atoms with van der Waals surface area (Å²) >= 11 is 0. The van der Waals surface area contributed by atoms with Gasteiger partial charge in [0.05, 0.1) is 16.8 Å². The maximum atomic E-state index is 6.79. The van der Waals surface area contributed by atoms with E-state index in [4.69, 9.17) is 4.42 Å². The number of anilines is 3. The normalized spacial score (nSPS) is 11.5. The van der Waals surface area contributed by atoms with Crippen LogP contribution in [0, 0.1) is 0 Å². The van der Waals surface area contributed by atoms with E-state index in [1.807, 2.05) is 0 Å². The minimum absolute atomic E-state index is 0.867. The maximum absolute atomic E-state index is 6.79. The van der Waals surface area contributed by atoms with Crippen molar-refractivity contribution in [2.75, 3.05) is 4.90 Å². The van der Waals surface area contributed by atoms with Crippen LogP contribution in [0.4, 0.5) is 17.1 Å². The van der Waals surface area contributed by atoms with Crippen LogP contribution >= 0.6 is 0 Å². The zero-order valence-electron chi connectivity index (χ0n) is 25.1. The topological polar surface area (TPSA) is 16.4 Å². The van der Waals surface area contributed by atoms with Crippen molar-refractivity contribution in [3.8, 4) is 22.3 Å². The summed E-state index contributed by atoms with van der Waals surface area (Å²) < 4.78 is 6.79. The van der Waals surface area contributed by atoms with E-state index in [-0.39, 0.29) is 0 Å². The predicted molar refractivity (Wildman–Crippen MR) is 194 cm³/mol. The summed E-state index contributed by atoms with van der Waals surface area (Å²) in [6.45, 7) is 0. The van der Waals surface area contributed by atoms with Gasteiger partial charge < -0.3 is 9.32 Å². The molecule has 0 unspecified atom stereocenters. The summed E-state index contributed by atoms with van der Waals surface area (Å²) in [5, 5.41) is 6.96. The number of furan rings is 1. The number of fused-ring (bicyclic) bond motifs is 6. The standard InChI is InChI=1S/C44H29NO/c1-3-15-31(16-4-1)34-22-11-12-26-40(34)45(32-19-5-2-6-20-32)41-27-14-28-42-43(41)39-29-38(36-23-9-10-24-37(36)44(39)46-42)35-25-13-18-30-17-7-8-21-33(30)35/h1-29H. The second-order valence-corrected chi connectivity index (χ2v) is 11.7. The Bertz CT molecular complexity index is 2520. The molecular formula is C44H29NO. The highest BCUT2D eigenvalue weighted by molar-refractivity contribution is 6.23. The molecule has 9 rings (SSSR count). The number of hydrogen-bond acceptors (Lipinski definition) is 2. The Morgan fingerprint density at radius 2 is 1.00 bits per heavy atom. The fraction of sp³-hybridized carbons (Fsp3) is 0. The smallest absolute Gasteiger partial charge is 0.143 e. The predicted octanol–water partition coefficient (Wildman–Crippen LogP) is 12.7. The Hall–Kier alpha value is -6.12. The molecule has 0 aliphatic carbocycles. The molecule has 0 fully saturated rings. The third-order valence-electron chi connectivity index (χ3n) is 9.05. The minimum atomic E-state index is 0.867. The van der Waals surface area contributed by atoms with Crippen LogP contribution in [0.1, 0.15) is 0 Å². The quantitative estimate of drug-likeness (QED) is 0.199. The molecule has 1 heterocycles. The average molecular weight is 588 g/mol. The molecule has 0 saturated heterocycles. The fourth-order valence-corrected chi connectivity index (χ4v) is 7.01. The molecule has 2 nitrogen and oxygen atoms in total. The van der Waals surface area contributed by atoms with Gasteiger partial charge in [-0.05, 0) is 69.2 Å². The van der Waals surface area contributed by atoms with E-state index in [1.165, 1.54) is 38.4 Å². The van der Waals surface area contributed by atoms with E-state index >= 15 is 0 Å². The van der Waals surface area contributed by atoms with Gasteiger partial charge in [0, 0.05) is 22.0 Å². The summed E-state index contributed by atoms with van der Waals surface area (Å²) in [5.41, 5.74) is 9.80. The van der Waals surface area contributed by atoms with E-state index in [0.29, 0.717) is 0 Å². The van der Waals surface area contributed by atoms with E-state index in [9.17, 15) is 0 Å². The first-order valence-electron chi connectivity index (χ1n) is 15.7. The monoisotopic (exact) mass is 587 g/mol. The van der Waals surface area contributed by atoms with Gasteiger partial charge in [-0.25, -0.2) is 0 Å². The SMILES string of the molecule is c1ccc(-c2ccccc2N(c2ccccc2)c2cccc3oc4c5ccccc5c(-c5cccc6ccccc56)cc4c23)cc1. The Balaban J connectivity index is 1.39. The maximum Gasteiger partial charge on any atom is 0.143 e. The Morgan fingerprint density at radius 1 is 0.391 bits per heavy atom. The summed E-state index contributed by atoms with van der Waals surface area (Å²) in [7, 11) is 0. The van der Waals surface area contributed by atoms with Crippen molar-refractivity contribution in [3.05, 3.63) is 176 Å². The lowest BCUT2D eigenvalue weighted by atomic mass is 9.92. The summed E-state index contributed by atoms with van der Waals surface area (Å²) in [4.78, 5) is 2.38. The summed E-state index contributed by atoms with van der Waals surface area (Å²) in [6, 6.07) is 62.6. The Morgan fingerprint density at radius 3 is 1.85 bits per heavy atom. The first-order valence-corrected chi connectivity index (χ1v) is 15.7. The number of rotatable bonds is 5. The van der Waals surface area contributed by atoms with Crippen LogP contribution in [0.25, 0.3) is 65.7 Å². The lowest BCUT2D eigenvalue weighted by Crippen LogP contribution is -2.11. The molecule has 9 aromatic rings. The fourth-order valence-electron chi connectivity index (χ4n) is 7.01. The van der Waals surface area contributed by atoms with Crippen molar-refractivity contribution in [3.63, 3.8) is 0 Å². The van der Waals surface area contributed by atoms with E-state index in [0.717, 1.165) is 44.4 Å². The van der Waals surface area contributed by atoms with Gasteiger partial charge in [0.1, 0.15) is 11.2 Å². The third-order valence-corrected chi connectivity index (χ3v) is 9.05. The van der Waals surface area contributed by atoms with Gasteiger partial charge >= 0.3 is 0 Å². The largest absolute Gasteiger partial charge is 0.455 e. The molecule has 8 aromatic carbocycles. The first-order chi connectivity index (χ1) is 22.8. The zero-order chi connectivity index (χ0) is 30.5. The first kappa shape index (κ1) is 26.3. The summed E-state index contributed by atoms with van der Waals surface area (Å²) in [6.07, 6.45) is 0. The van der Waals surface area contributed by atoms with E-state index in [2.05, 4.69) is 181 Å². The second-order valence-electron chi connectivity index (χ2n) is 11.7. The van der Waals surface area contributed by atoms with Crippen molar-refractivity contribution in [2.24, 2.45) is 0 Å². The number of para-hydroxylation sites is 2. The molecule has 0 amide bonds. The van der Waals surface area contributed by atoms with Crippen LogP contribution in [0.3, 0.4) is 0 Å². The zero-order valence-corrected chi connectivity index (χ0v) is 25.1. The van der Waals surface area contributed by atoms with Gasteiger partial charge in [-0.15, -0.1) is 0 Å². The van der Waals surface area contributed by atoms with Crippen LogP contribution in [0.2, 0.25) is 0 Å². The molecule has 0 saturated carbocycles. The highest BCUT2D eigenvalue weighted by Gasteiger charge is 2.23. The van der Waals surface area contributed by atoms with Crippen molar-refractivity contribution in [2.45, 2.75) is 0 Å². The van der Waals surface area contributed by atoms with Crippen molar-refractivity contribution >= 4 is 60.5 Å². The molecule has 0 spiro atoms. The molecule has 0 bridgehead atoms. The second kappa shape index (κ2) is 10.8. The Labute approximate surface area is 267 Å². The number of nitrogens with zero attached hydrogens (tertiary/aromatic N) is 1. The lowest BCUT2D eigenvalue weighted by Gasteiger charge is -2.28. The van der Waals surface area contributed by atoms with Gasteiger partial charge in [-0.3, -0.25) is 0 Å². The number of hydrogen-bond donors (Lipinski definition) is 0. The molecule has 0 aliphatic heterocycles. The molecule has 2 heteroatoms. The number of benzene rings is 8. The Kier molecular flexibility index (Phi) is 6.17. The van der Waals surface area contributed by atoms with Gasteiger partial charge in [0.2, 0.25) is 0 Å². The van der Waals surface area contributed by atoms with Gasteiger partial charge in [0.25, 0.3) is 0 Å². The molecule has 0 N–H and O–H groups in total. The third kappa shape index (κ3) is 4.19. The highest BCUT2D eigenvalue weighted by atomic mass is 16.3. The average Bonchev–Trinajstić information content (AvgIpc) is 3.52. The minimum Gasteiger partial charge on any atom is -0.455 e. The molecular weight excluding hydrogens is 558 g/mol. The lowest BCUT2D eigenvalue weighted by molar-refractivity contribution is 0.672. The van der Waals surface area contributed by atoms with Crippen LogP contribution in [0.5, 0.6) is 0 Å². The van der Waals surface area contributed by atoms with Crippen molar-refractivity contribution in [1.29, 1.82) is 0 Å². The van der Waals surface area contributed by atoms with Crippen molar-refractivity contribution in [1.82, 2.24) is 0 Å². The van der Waals surface area contributed by atoms with Crippen molar-refractivity contribution < 1.29 is 4.42 Å². The van der Waals surface area contributed by atoms with Gasteiger partial charge in [-0.1, -0.05) is 140 Å². The van der Waals surface area contributed by atoms with E-state index < -0.39 is 0 Å². The molecule has 46 heavy (non-hydrogen) atoms. The van der Waals surface area contributed by atoms with Gasteiger partial charge in [-0.2, -0.15) is 0 Å². The highest BCUT2D eigenvalue weighted by Crippen LogP contribution is 2.48. The van der Waals surface area contributed by atoms with Crippen LogP contribution in [-0.4, -0.2) is 0 Å². The van der Waals surface area contributed by atoms with Crippen LogP contribution < -0.4 is 4.90 Å². The van der Waals surface area contributed by atoms with Crippen LogP contribution in [-0.2, 0) is 0 Å². The van der Waals surface area contributed by atoms with Crippen LogP contribution in [0.15, 0.2) is 180 Å². The molecule has 0 atom stereocenters. The molecule has 0 radical (unpaired) electrons. The molecule has 1 aromatic heterocycles. The van der Waals surface area contributed by atoms with E-state index in [1.54, 1.807) is 0 Å². The van der Waals surface area contributed by atoms with Gasteiger partial charge in [0.15, 0.2) is 0 Å². The molecule has 216 valence electrons. The summed E-state index contributed by atoms with van der Waals surface area (Å²) in [5.74, 6) is 0. The molecule has 0 aliphatic rings.